The van der Waals surface area contributed by atoms with Crippen molar-refractivity contribution in [3.05, 3.63) is 23.8 Å². The van der Waals surface area contributed by atoms with Crippen LogP contribution in [0, 0.1) is 5.92 Å². The largest absolute Gasteiger partial charge is 0.0958 e. The number of hydrogen-bond acceptors (Lipinski definition) is 0. The lowest BCUT2D eigenvalue weighted by Gasteiger charge is -1.97. The second-order valence-electron chi connectivity index (χ2n) is 3.18. The minimum absolute atomic E-state index is 0.840. The fraction of sp³-hybridized carbons (Fsp3) is 0.600. The normalized spacial score (nSPS) is 24.6. The lowest BCUT2D eigenvalue weighted by atomic mass is 10.1. The molecule has 1 atom stereocenters. The lowest BCUT2D eigenvalue weighted by molar-refractivity contribution is 0.611. The molecule has 0 N–H and O–H groups in total. The average molecular weight is 136 g/mol. The summed E-state index contributed by atoms with van der Waals surface area (Å²) in [6.07, 6.45) is 6.28. The van der Waals surface area contributed by atoms with Gasteiger partial charge in [0.25, 0.3) is 0 Å². The molecule has 0 heteroatoms. The van der Waals surface area contributed by atoms with Gasteiger partial charge in [0, 0.05) is 0 Å². The molecule has 1 aliphatic rings. The molecule has 0 radical (unpaired) electrons. The molecule has 0 aliphatic heterocycles. The summed E-state index contributed by atoms with van der Waals surface area (Å²) in [5, 5.41) is 0. The van der Waals surface area contributed by atoms with Crippen LogP contribution < -0.4 is 0 Å². The maximum absolute atomic E-state index is 3.94. The Morgan fingerprint density at radius 2 is 2.50 bits per heavy atom. The van der Waals surface area contributed by atoms with Gasteiger partial charge in [0.05, 0.1) is 0 Å². The van der Waals surface area contributed by atoms with Crippen molar-refractivity contribution in [3.63, 3.8) is 0 Å². The fourth-order valence-corrected chi connectivity index (χ4v) is 1.47. The minimum atomic E-state index is 0.840. The van der Waals surface area contributed by atoms with Crippen molar-refractivity contribution in [2.75, 3.05) is 0 Å². The Hall–Kier alpha value is -0.520. The average Bonchev–Trinajstić information content (AvgIpc) is 2.34. The van der Waals surface area contributed by atoms with E-state index in [1.807, 2.05) is 0 Å². The van der Waals surface area contributed by atoms with E-state index in [9.17, 15) is 0 Å². The number of rotatable bonds is 2. The molecule has 0 bridgehead atoms. The molecule has 0 saturated carbocycles. The van der Waals surface area contributed by atoms with Gasteiger partial charge in [-0.2, -0.15) is 0 Å². The van der Waals surface area contributed by atoms with Gasteiger partial charge in [-0.25, -0.2) is 0 Å². The van der Waals surface area contributed by atoms with Crippen LogP contribution in [-0.2, 0) is 0 Å². The van der Waals surface area contributed by atoms with E-state index in [1.165, 1.54) is 30.4 Å². The SMILES string of the molecule is C=C(C)C1=CC(CC)CC1. The molecule has 56 valence electrons. The van der Waals surface area contributed by atoms with Crippen molar-refractivity contribution >= 4 is 0 Å². The van der Waals surface area contributed by atoms with Gasteiger partial charge >= 0.3 is 0 Å². The Labute approximate surface area is 63.6 Å². The van der Waals surface area contributed by atoms with E-state index < -0.39 is 0 Å². The highest BCUT2D eigenvalue weighted by molar-refractivity contribution is 5.29. The van der Waals surface area contributed by atoms with Crippen LogP contribution in [0.1, 0.15) is 33.1 Å². The number of hydrogen-bond donors (Lipinski definition) is 0. The first kappa shape index (κ1) is 7.59. The fourth-order valence-electron chi connectivity index (χ4n) is 1.47. The molecule has 0 spiro atoms. The number of allylic oxidation sites excluding steroid dienone is 3. The van der Waals surface area contributed by atoms with E-state index in [-0.39, 0.29) is 0 Å². The molecule has 1 unspecified atom stereocenters. The summed E-state index contributed by atoms with van der Waals surface area (Å²) in [4.78, 5) is 0. The highest BCUT2D eigenvalue weighted by atomic mass is 14.2. The second-order valence-corrected chi connectivity index (χ2v) is 3.18. The minimum Gasteiger partial charge on any atom is -0.0958 e. The molecule has 0 aromatic carbocycles. The second kappa shape index (κ2) is 3.05. The molecule has 1 aliphatic carbocycles. The maximum atomic E-state index is 3.94. The van der Waals surface area contributed by atoms with Crippen molar-refractivity contribution in [2.24, 2.45) is 5.92 Å². The molecule has 0 saturated heterocycles. The molecule has 0 amide bonds. The van der Waals surface area contributed by atoms with Crippen LogP contribution in [0.2, 0.25) is 0 Å². The third-order valence-corrected chi connectivity index (χ3v) is 2.29. The van der Waals surface area contributed by atoms with Crippen LogP contribution in [0.15, 0.2) is 23.8 Å². The Kier molecular flexibility index (Phi) is 2.31. The van der Waals surface area contributed by atoms with Crippen LogP contribution >= 0.6 is 0 Å². The van der Waals surface area contributed by atoms with Crippen LogP contribution in [-0.4, -0.2) is 0 Å². The third kappa shape index (κ3) is 1.50. The smallest absolute Gasteiger partial charge is 0.0227 e. The first-order valence-electron chi connectivity index (χ1n) is 4.10. The molecule has 0 aromatic heterocycles. The molecule has 10 heavy (non-hydrogen) atoms. The van der Waals surface area contributed by atoms with Crippen molar-refractivity contribution in [1.82, 2.24) is 0 Å². The zero-order valence-corrected chi connectivity index (χ0v) is 6.98. The summed E-state index contributed by atoms with van der Waals surface area (Å²) < 4.78 is 0. The molecule has 0 nitrogen and oxygen atoms in total. The van der Waals surface area contributed by atoms with Gasteiger partial charge in [-0.15, -0.1) is 0 Å². The zero-order valence-electron chi connectivity index (χ0n) is 6.98. The molecule has 1 rings (SSSR count). The Balaban J connectivity index is 2.57. The first-order chi connectivity index (χ1) is 4.74. The van der Waals surface area contributed by atoms with Crippen LogP contribution in [0.5, 0.6) is 0 Å². The van der Waals surface area contributed by atoms with Crippen LogP contribution in [0.3, 0.4) is 0 Å². The monoisotopic (exact) mass is 136 g/mol. The van der Waals surface area contributed by atoms with Gasteiger partial charge in [-0.05, 0) is 37.7 Å². The molecule has 0 heterocycles. The predicted octanol–water partition coefficient (Wildman–Crippen LogP) is 3.31. The van der Waals surface area contributed by atoms with E-state index in [1.54, 1.807) is 0 Å². The van der Waals surface area contributed by atoms with E-state index in [4.69, 9.17) is 0 Å². The standard InChI is InChI=1S/C10H16/c1-4-9-5-6-10(7-9)8(2)3/h7,9H,2,4-6H2,1,3H3. The van der Waals surface area contributed by atoms with E-state index >= 15 is 0 Å². The molecule has 0 aromatic rings. The van der Waals surface area contributed by atoms with Crippen LogP contribution in [0.25, 0.3) is 0 Å². The summed E-state index contributed by atoms with van der Waals surface area (Å²) in [6, 6.07) is 0. The Morgan fingerprint density at radius 1 is 1.80 bits per heavy atom. The first-order valence-corrected chi connectivity index (χ1v) is 4.10. The van der Waals surface area contributed by atoms with Crippen LogP contribution in [0.4, 0.5) is 0 Å². The lowest BCUT2D eigenvalue weighted by Crippen LogP contribution is -1.84. The maximum Gasteiger partial charge on any atom is -0.0227 e. The highest BCUT2D eigenvalue weighted by Gasteiger charge is 2.13. The van der Waals surface area contributed by atoms with Gasteiger partial charge in [-0.1, -0.05) is 25.2 Å². The van der Waals surface area contributed by atoms with E-state index in [2.05, 4.69) is 26.5 Å². The summed E-state index contributed by atoms with van der Waals surface area (Å²) in [5.41, 5.74) is 2.75. The van der Waals surface area contributed by atoms with Gasteiger partial charge in [-0.3, -0.25) is 0 Å². The van der Waals surface area contributed by atoms with E-state index in [0.717, 1.165) is 5.92 Å². The Morgan fingerprint density at radius 3 is 2.80 bits per heavy atom. The third-order valence-electron chi connectivity index (χ3n) is 2.29. The van der Waals surface area contributed by atoms with Crippen molar-refractivity contribution in [3.8, 4) is 0 Å². The van der Waals surface area contributed by atoms with Crippen molar-refractivity contribution in [2.45, 2.75) is 33.1 Å². The quantitative estimate of drug-likeness (QED) is 0.546. The summed E-state index contributed by atoms with van der Waals surface area (Å²) in [6.45, 7) is 8.29. The molecular weight excluding hydrogens is 120 g/mol. The topological polar surface area (TPSA) is 0 Å². The summed E-state index contributed by atoms with van der Waals surface area (Å²) in [5.74, 6) is 0.840. The molecular formula is C10H16. The highest BCUT2D eigenvalue weighted by Crippen LogP contribution is 2.29. The van der Waals surface area contributed by atoms with Gasteiger partial charge in [0.15, 0.2) is 0 Å². The zero-order chi connectivity index (χ0) is 7.56. The van der Waals surface area contributed by atoms with Gasteiger partial charge in [0.2, 0.25) is 0 Å². The van der Waals surface area contributed by atoms with Crippen molar-refractivity contribution < 1.29 is 0 Å². The molecule has 0 fully saturated rings. The summed E-state index contributed by atoms with van der Waals surface area (Å²) in [7, 11) is 0. The van der Waals surface area contributed by atoms with Gasteiger partial charge < -0.3 is 0 Å². The predicted molar refractivity (Wildman–Crippen MR) is 45.9 cm³/mol. The van der Waals surface area contributed by atoms with E-state index in [0.29, 0.717) is 0 Å². The summed E-state index contributed by atoms with van der Waals surface area (Å²) >= 11 is 0. The van der Waals surface area contributed by atoms with Gasteiger partial charge in [0.1, 0.15) is 0 Å². The van der Waals surface area contributed by atoms with Crippen molar-refractivity contribution in [1.29, 1.82) is 0 Å². The Bertz CT molecular complexity index is 163.